The van der Waals surface area contributed by atoms with E-state index in [1.165, 1.54) is 5.56 Å². The molecule has 1 N–H and O–H groups in total. The minimum Gasteiger partial charge on any atom is -0.340 e. The lowest BCUT2D eigenvalue weighted by Gasteiger charge is -2.34. The zero-order valence-corrected chi connectivity index (χ0v) is 16.2. The van der Waals surface area contributed by atoms with E-state index >= 15 is 0 Å². The monoisotopic (exact) mass is 366 g/mol. The number of hydrogen-bond acceptors (Lipinski definition) is 3. The third kappa shape index (κ3) is 6.44. The predicted octanol–water partition coefficient (Wildman–Crippen LogP) is 3.62. The van der Waals surface area contributed by atoms with Crippen molar-refractivity contribution in [1.82, 2.24) is 10.2 Å². The molecular formula is C20H31ClN2O2. The summed E-state index contributed by atoms with van der Waals surface area (Å²) in [6.07, 6.45) is 4.57. The van der Waals surface area contributed by atoms with Crippen molar-refractivity contribution in [1.29, 1.82) is 0 Å². The number of aryl methyl sites for hydroxylation is 1. The van der Waals surface area contributed by atoms with Crippen molar-refractivity contribution in [2.75, 3.05) is 19.6 Å². The molecule has 0 aliphatic carbocycles. The molecule has 0 radical (unpaired) electrons. The number of nitrogens with one attached hydrogen (secondary N) is 1. The van der Waals surface area contributed by atoms with Crippen LogP contribution in [-0.4, -0.2) is 42.3 Å². The number of benzene rings is 1. The fourth-order valence-electron chi connectivity index (χ4n) is 3.30. The van der Waals surface area contributed by atoms with Gasteiger partial charge in [0, 0.05) is 31.0 Å². The number of Topliss-reactive ketones (excluding diaryl/α,β-unsaturated/α-hetero) is 1. The number of hydrogen-bond donors (Lipinski definition) is 1. The first-order chi connectivity index (χ1) is 11.7. The van der Waals surface area contributed by atoms with Crippen LogP contribution in [0, 0.1) is 0 Å². The van der Waals surface area contributed by atoms with Crippen molar-refractivity contribution in [2.24, 2.45) is 0 Å². The van der Waals surface area contributed by atoms with Crippen LogP contribution in [0.25, 0.3) is 0 Å². The minimum absolute atomic E-state index is 0. The van der Waals surface area contributed by atoms with Crippen LogP contribution in [0.15, 0.2) is 24.3 Å². The summed E-state index contributed by atoms with van der Waals surface area (Å²) in [5.41, 5.74) is 1.94. The van der Waals surface area contributed by atoms with Crippen molar-refractivity contribution < 1.29 is 9.59 Å². The van der Waals surface area contributed by atoms with Crippen molar-refractivity contribution in [3.05, 3.63) is 35.4 Å². The Hall–Kier alpha value is -1.39. The summed E-state index contributed by atoms with van der Waals surface area (Å²) in [6.45, 7) is 6.94. The maximum absolute atomic E-state index is 12.6. The molecule has 1 aliphatic heterocycles. The summed E-state index contributed by atoms with van der Waals surface area (Å²) in [4.78, 5) is 27.0. The first-order valence-corrected chi connectivity index (χ1v) is 9.28. The Morgan fingerprint density at radius 2 is 1.72 bits per heavy atom. The van der Waals surface area contributed by atoms with E-state index in [4.69, 9.17) is 0 Å². The van der Waals surface area contributed by atoms with Crippen LogP contribution in [-0.2, 0) is 11.2 Å². The van der Waals surface area contributed by atoms with Gasteiger partial charge in [-0.05, 0) is 44.3 Å². The number of piperidine rings is 1. The Morgan fingerprint density at radius 3 is 2.28 bits per heavy atom. The number of carbonyl (C=O) groups is 2. The van der Waals surface area contributed by atoms with E-state index in [1.807, 2.05) is 29.2 Å². The summed E-state index contributed by atoms with van der Waals surface area (Å²) >= 11 is 0. The van der Waals surface area contributed by atoms with Gasteiger partial charge in [0.2, 0.25) is 5.91 Å². The molecule has 2 rings (SSSR count). The molecule has 0 unspecified atom stereocenters. The van der Waals surface area contributed by atoms with E-state index in [0.717, 1.165) is 45.3 Å². The molecule has 140 valence electrons. The van der Waals surface area contributed by atoms with Crippen LogP contribution in [0.4, 0.5) is 0 Å². The predicted molar refractivity (Wildman–Crippen MR) is 105 cm³/mol. The average molecular weight is 367 g/mol. The second kappa shape index (κ2) is 11.3. The summed E-state index contributed by atoms with van der Waals surface area (Å²) in [5, 5.41) is 3.34. The van der Waals surface area contributed by atoms with Crippen molar-refractivity contribution >= 4 is 24.1 Å². The Morgan fingerprint density at radius 1 is 1.08 bits per heavy atom. The average Bonchev–Trinajstić information content (AvgIpc) is 2.64. The quantitative estimate of drug-likeness (QED) is 0.715. The van der Waals surface area contributed by atoms with Crippen LogP contribution < -0.4 is 5.32 Å². The zero-order chi connectivity index (χ0) is 17.4. The zero-order valence-electron chi connectivity index (χ0n) is 15.4. The standard InChI is InChI=1S/C20H30N2O2.ClH/c1-3-15-22(18-11-13-21-14-12-18)20(24)10-9-19(23)17-7-5-16(4-2)6-8-17;/h5-8,18,21H,3-4,9-15H2,1-2H3;1H. The number of halogens is 1. The number of nitrogens with zero attached hydrogens (tertiary/aromatic N) is 1. The minimum atomic E-state index is 0. The van der Waals surface area contributed by atoms with E-state index in [1.54, 1.807) is 0 Å². The first kappa shape index (κ1) is 21.7. The van der Waals surface area contributed by atoms with Gasteiger partial charge in [0.15, 0.2) is 5.78 Å². The number of amides is 1. The van der Waals surface area contributed by atoms with Crippen LogP contribution >= 0.6 is 12.4 Å². The van der Waals surface area contributed by atoms with Crippen LogP contribution in [0.5, 0.6) is 0 Å². The Kier molecular flexibility index (Phi) is 9.76. The highest BCUT2D eigenvalue weighted by Gasteiger charge is 2.24. The second-order valence-electron chi connectivity index (χ2n) is 6.54. The molecule has 1 heterocycles. The number of rotatable bonds is 8. The fraction of sp³-hybridized carbons (Fsp3) is 0.600. The third-order valence-electron chi connectivity index (χ3n) is 4.78. The van der Waals surface area contributed by atoms with Gasteiger partial charge in [-0.1, -0.05) is 38.1 Å². The fourth-order valence-corrected chi connectivity index (χ4v) is 3.30. The van der Waals surface area contributed by atoms with Gasteiger partial charge in [-0.15, -0.1) is 12.4 Å². The highest BCUT2D eigenvalue weighted by Crippen LogP contribution is 2.16. The normalized spacial score (nSPS) is 14.6. The molecule has 1 aliphatic rings. The summed E-state index contributed by atoms with van der Waals surface area (Å²) in [7, 11) is 0. The molecule has 1 saturated heterocycles. The smallest absolute Gasteiger partial charge is 0.223 e. The van der Waals surface area contributed by atoms with E-state index in [2.05, 4.69) is 19.2 Å². The van der Waals surface area contributed by atoms with Gasteiger partial charge in [-0.2, -0.15) is 0 Å². The van der Waals surface area contributed by atoms with Crippen molar-refractivity contribution in [3.63, 3.8) is 0 Å². The van der Waals surface area contributed by atoms with Gasteiger partial charge >= 0.3 is 0 Å². The molecule has 0 spiro atoms. The molecule has 0 bridgehead atoms. The SMILES string of the molecule is CCCN(C(=O)CCC(=O)c1ccc(CC)cc1)C1CCNCC1.Cl. The molecule has 0 atom stereocenters. The molecule has 1 aromatic carbocycles. The van der Waals surface area contributed by atoms with Gasteiger partial charge in [0.25, 0.3) is 0 Å². The molecule has 1 fully saturated rings. The topological polar surface area (TPSA) is 49.4 Å². The molecule has 0 aromatic heterocycles. The molecule has 25 heavy (non-hydrogen) atoms. The van der Waals surface area contributed by atoms with E-state index in [0.29, 0.717) is 24.4 Å². The third-order valence-corrected chi connectivity index (χ3v) is 4.78. The summed E-state index contributed by atoms with van der Waals surface area (Å²) in [6, 6.07) is 8.07. The van der Waals surface area contributed by atoms with Crippen LogP contribution in [0.1, 0.15) is 61.9 Å². The Balaban J connectivity index is 0.00000312. The highest BCUT2D eigenvalue weighted by atomic mass is 35.5. The molecule has 1 amide bonds. The van der Waals surface area contributed by atoms with Gasteiger partial charge in [-0.3, -0.25) is 9.59 Å². The van der Waals surface area contributed by atoms with Gasteiger partial charge in [0.1, 0.15) is 0 Å². The van der Waals surface area contributed by atoms with Crippen LogP contribution in [0.3, 0.4) is 0 Å². The van der Waals surface area contributed by atoms with E-state index < -0.39 is 0 Å². The maximum Gasteiger partial charge on any atom is 0.223 e. The van der Waals surface area contributed by atoms with Gasteiger partial charge < -0.3 is 10.2 Å². The molecule has 0 saturated carbocycles. The largest absolute Gasteiger partial charge is 0.340 e. The summed E-state index contributed by atoms with van der Waals surface area (Å²) in [5.74, 6) is 0.190. The van der Waals surface area contributed by atoms with Crippen molar-refractivity contribution in [2.45, 2.75) is 58.4 Å². The molecule has 1 aromatic rings. The lowest BCUT2D eigenvalue weighted by atomic mass is 10.0. The Labute approximate surface area is 157 Å². The lowest BCUT2D eigenvalue weighted by Crippen LogP contribution is -2.46. The van der Waals surface area contributed by atoms with E-state index in [-0.39, 0.29) is 24.1 Å². The maximum atomic E-state index is 12.6. The number of carbonyl (C=O) groups excluding carboxylic acids is 2. The first-order valence-electron chi connectivity index (χ1n) is 9.28. The lowest BCUT2D eigenvalue weighted by molar-refractivity contribution is -0.134. The van der Waals surface area contributed by atoms with E-state index in [9.17, 15) is 9.59 Å². The van der Waals surface area contributed by atoms with Gasteiger partial charge in [-0.25, -0.2) is 0 Å². The van der Waals surface area contributed by atoms with Gasteiger partial charge in [0.05, 0.1) is 0 Å². The Bertz CT molecular complexity index is 539. The molecule has 4 nitrogen and oxygen atoms in total. The highest BCUT2D eigenvalue weighted by molar-refractivity contribution is 5.98. The second-order valence-corrected chi connectivity index (χ2v) is 6.54. The van der Waals surface area contributed by atoms with Crippen LogP contribution in [0.2, 0.25) is 0 Å². The molecular weight excluding hydrogens is 336 g/mol. The summed E-state index contributed by atoms with van der Waals surface area (Å²) < 4.78 is 0. The number of ketones is 1. The molecule has 5 heteroatoms. The van der Waals surface area contributed by atoms with Crippen molar-refractivity contribution in [3.8, 4) is 0 Å².